The first kappa shape index (κ1) is 13.2. The molecule has 0 saturated heterocycles. The molecule has 2 rings (SSSR count). The molecule has 8 heteroatoms. The molecule has 0 aliphatic carbocycles. The SMILES string of the molecule is Cn1cc(CNc2cc(C(F)(F)F)ncc2N)cn1. The molecule has 102 valence electrons. The topological polar surface area (TPSA) is 68.8 Å². The van der Waals surface area contributed by atoms with E-state index in [1.54, 1.807) is 24.1 Å². The zero-order chi connectivity index (χ0) is 14.0. The van der Waals surface area contributed by atoms with Crippen LogP contribution in [-0.2, 0) is 19.8 Å². The molecule has 0 fully saturated rings. The van der Waals surface area contributed by atoms with Crippen LogP contribution in [0.25, 0.3) is 0 Å². The van der Waals surface area contributed by atoms with E-state index in [1.165, 1.54) is 0 Å². The van der Waals surface area contributed by atoms with Gasteiger partial charge in [-0.15, -0.1) is 0 Å². The highest BCUT2D eigenvalue weighted by atomic mass is 19.4. The van der Waals surface area contributed by atoms with Crippen LogP contribution in [0.1, 0.15) is 11.3 Å². The number of hydrogen-bond donors (Lipinski definition) is 2. The van der Waals surface area contributed by atoms with Gasteiger partial charge in [0.15, 0.2) is 0 Å². The average molecular weight is 271 g/mol. The fourth-order valence-electron chi connectivity index (χ4n) is 1.53. The van der Waals surface area contributed by atoms with Crippen molar-refractivity contribution in [2.75, 3.05) is 11.1 Å². The second-order valence-corrected chi connectivity index (χ2v) is 4.03. The summed E-state index contributed by atoms with van der Waals surface area (Å²) in [6, 6.07) is 0.895. The summed E-state index contributed by atoms with van der Waals surface area (Å²) in [5.74, 6) is 0. The number of aromatic nitrogens is 3. The highest BCUT2D eigenvalue weighted by molar-refractivity contribution is 5.65. The Balaban J connectivity index is 2.15. The number of aryl methyl sites for hydroxylation is 1. The van der Waals surface area contributed by atoms with Gasteiger partial charge in [0.1, 0.15) is 5.69 Å². The van der Waals surface area contributed by atoms with Gasteiger partial charge in [0, 0.05) is 25.4 Å². The van der Waals surface area contributed by atoms with E-state index in [2.05, 4.69) is 15.4 Å². The van der Waals surface area contributed by atoms with E-state index in [4.69, 9.17) is 5.73 Å². The second kappa shape index (κ2) is 4.79. The highest BCUT2D eigenvalue weighted by Gasteiger charge is 2.32. The number of alkyl halides is 3. The summed E-state index contributed by atoms with van der Waals surface area (Å²) in [4.78, 5) is 3.26. The molecule has 0 aromatic carbocycles. The van der Waals surface area contributed by atoms with Crippen molar-refractivity contribution in [2.45, 2.75) is 12.7 Å². The summed E-state index contributed by atoms with van der Waals surface area (Å²) in [7, 11) is 1.76. The molecule has 0 aliphatic rings. The number of rotatable bonds is 3. The maximum absolute atomic E-state index is 12.5. The zero-order valence-electron chi connectivity index (χ0n) is 10.1. The predicted octanol–water partition coefficient (Wildman–Crippen LogP) is 2.03. The molecule has 0 spiro atoms. The van der Waals surface area contributed by atoms with E-state index < -0.39 is 11.9 Å². The van der Waals surface area contributed by atoms with Gasteiger partial charge in [0.25, 0.3) is 0 Å². The molecule has 0 radical (unpaired) electrons. The van der Waals surface area contributed by atoms with Crippen LogP contribution in [-0.4, -0.2) is 14.8 Å². The Morgan fingerprint density at radius 3 is 2.68 bits per heavy atom. The van der Waals surface area contributed by atoms with E-state index in [9.17, 15) is 13.2 Å². The van der Waals surface area contributed by atoms with Crippen LogP contribution in [0.2, 0.25) is 0 Å². The average Bonchev–Trinajstić information content (AvgIpc) is 2.72. The third-order valence-electron chi connectivity index (χ3n) is 2.47. The van der Waals surface area contributed by atoms with Crippen LogP contribution < -0.4 is 11.1 Å². The number of nitrogens with zero attached hydrogens (tertiary/aromatic N) is 3. The van der Waals surface area contributed by atoms with Crippen LogP contribution >= 0.6 is 0 Å². The number of nitrogen functional groups attached to an aromatic ring is 1. The summed E-state index contributed by atoms with van der Waals surface area (Å²) in [6.07, 6.45) is -0.114. The maximum atomic E-state index is 12.5. The highest BCUT2D eigenvalue weighted by Crippen LogP contribution is 2.31. The van der Waals surface area contributed by atoms with Gasteiger partial charge < -0.3 is 11.1 Å². The lowest BCUT2D eigenvalue weighted by Gasteiger charge is -2.11. The number of nitrogens with two attached hydrogens (primary N) is 1. The van der Waals surface area contributed by atoms with Gasteiger partial charge in [-0.2, -0.15) is 18.3 Å². The molecule has 2 aromatic rings. The van der Waals surface area contributed by atoms with Crippen LogP contribution in [0.15, 0.2) is 24.7 Å². The lowest BCUT2D eigenvalue weighted by molar-refractivity contribution is -0.141. The minimum Gasteiger partial charge on any atom is -0.396 e. The van der Waals surface area contributed by atoms with Crippen molar-refractivity contribution in [1.82, 2.24) is 14.8 Å². The van der Waals surface area contributed by atoms with Gasteiger partial charge >= 0.3 is 6.18 Å². The minimum atomic E-state index is -4.49. The van der Waals surface area contributed by atoms with Crippen molar-refractivity contribution in [3.05, 3.63) is 35.9 Å². The summed E-state index contributed by atoms with van der Waals surface area (Å²) in [5, 5.41) is 6.80. The van der Waals surface area contributed by atoms with Crippen LogP contribution in [0.4, 0.5) is 24.5 Å². The molecule has 0 saturated carbocycles. The van der Waals surface area contributed by atoms with Gasteiger partial charge in [-0.3, -0.25) is 4.68 Å². The lowest BCUT2D eigenvalue weighted by atomic mass is 10.2. The van der Waals surface area contributed by atoms with Crippen LogP contribution in [0, 0.1) is 0 Å². The standard InChI is InChI=1S/C11H12F3N5/c1-19-6-7(4-18-19)3-16-9-2-10(11(12,13)14)17-5-8(9)15/h2,4-6H,3,15H2,1H3,(H,16,17). The van der Waals surface area contributed by atoms with Crippen molar-refractivity contribution in [3.63, 3.8) is 0 Å². The molecule has 2 aromatic heterocycles. The quantitative estimate of drug-likeness (QED) is 0.896. The minimum absolute atomic E-state index is 0.164. The Kier molecular flexibility index (Phi) is 3.32. The van der Waals surface area contributed by atoms with Crippen LogP contribution in [0.5, 0.6) is 0 Å². The number of halogens is 3. The summed E-state index contributed by atoms with van der Waals surface area (Å²) >= 11 is 0. The zero-order valence-corrected chi connectivity index (χ0v) is 10.1. The number of hydrogen-bond acceptors (Lipinski definition) is 4. The first-order chi connectivity index (χ1) is 8.86. The molecular weight excluding hydrogens is 259 g/mol. The van der Waals surface area contributed by atoms with Gasteiger partial charge in [0.05, 0.1) is 23.8 Å². The molecule has 2 heterocycles. The lowest BCUT2D eigenvalue weighted by Crippen LogP contribution is -2.10. The number of pyridine rings is 1. The molecule has 0 atom stereocenters. The summed E-state index contributed by atoms with van der Waals surface area (Å²) < 4.78 is 39.2. The van der Waals surface area contributed by atoms with Crippen molar-refractivity contribution in [2.24, 2.45) is 7.05 Å². The Labute approximate surface area is 107 Å². The van der Waals surface area contributed by atoms with Crippen molar-refractivity contribution in [1.29, 1.82) is 0 Å². The fourth-order valence-corrected chi connectivity index (χ4v) is 1.53. The maximum Gasteiger partial charge on any atom is 0.433 e. The van der Waals surface area contributed by atoms with Gasteiger partial charge in [-0.1, -0.05) is 0 Å². The van der Waals surface area contributed by atoms with E-state index in [1.807, 2.05) is 0 Å². The van der Waals surface area contributed by atoms with E-state index in [0.29, 0.717) is 6.54 Å². The first-order valence-electron chi connectivity index (χ1n) is 5.40. The van der Waals surface area contributed by atoms with Crippen molar-refractivity contribution < 1.29 is 13.2 Å². The van der Waals surface area contributed by atoms with E-state index >= 15 is 0 Å². The Morgan fingerprint density at radius 1 is 1.37 bits per heavy atom. The monoisotopic (exact) mass is 271 g/mol. The molecule has 3 N–H and O–H groups in total. The number of nitrogens with one attached hydrogen (secondary N) is 1. The second-order valence-electron chi connectivity index (χ2n) is 4.03. The Morgan fingerprint density at radius 2 is 2.11 bits per heavy atom. The molecule has 0 aliphatic heterocycles. The largest absolute Gasteiger partial charge is 0.433 e. The Bertz CT molecular complexity index is 576. The van der Waals surface area contributed by atoms with Gasteiger partial charge in [-0.05, 0) is 6.07 Å². The third kappa shape index (κ3) is 3.15. The predicted molar refractivity (Wildman–Crippen MR) is 64.2 cm³/mol. The first-order valence-corrected chi connectivity index (χ1v) is 5.40. The van der Waals surface area contributed by atoms with Crippen molar-refractivity contribution >= 4 is 11.4 Å². The summed E-state index contributed by atoms with van der Waals surface area (Å²) in [6.45, 7) is 0.333. The number of anilines is 2. The van der Waals surface area contributed by atoms with Crippen molar-refractivity contribution in [3.8, 4) is 0 Å². The third-order valence-corrected chi connectivity index (χ3v) is 2.47. The normalized spacial score (nSPS) is 11.6. The smallest absolute Gasteiger partial charge is 0.396 e. The molecule has 0 unspecified atom stereocenters. The van der Waals surface area contributed by atoms with Crippen LogP contribution in [0.3, 0.4) is 0 Å². The molecule has 0 bridgehead atoms. The van der Waals surface area contributed by atoms with Gasteiger partial charge in [-0.25, -0.2) is 4.98 Å². The Hall–Kier alpha value is -2.25. The fraction of sp³-hybridized carbons (Fsp3) is 0.273. The molecular formula is C11H12F3N5. The molecule has 0 amide bonds. The summed E-state index contributed by atoms with van der Waals surface area (Å²) in [5.41, 5.74) is 5.82. The molecule has 19 heavy (non-hydrogen) atoms. The van der Waals surface area contributed by atoms with Gasteiger partial charge in [0.2, 0.25) is 0 Å². The van der Waals surface area contributed by atoms with E-state index in [-0.39, 0.29) is 11.4 Å². The van der Waals surface area contributed by atoms with E-state index in [0.717, 1.165) is 17.8 Å². The molecule has 5 nitrogen and oxygen atoms in total.